The molecule has 3 aromatic rings. The molecule has 1 fully saturated rings. The molecular formula is C26H32FN7O. The quantitative estimate of drug-likeness (QED) is 0.543. The van der Waals surface area contributed by atoms with E-state index < -0.39 is 0 Å². The third kappa shape index (κ3) is 5.90. The predicted molar refractivity (Wildman–Crippen MR) is 135 cm³/mol. The number of anilines is 2. The summed E-state index contributed by atoms with van der Waals surface area (Å²) in [6.45, 7) is 4.97. The highest BCUT2D eigenvalue weighted by Crippen LogP contribution is 2.36. The summed E-state index contributed by atoms with van der Waals surface area (Å²) in [5.74, 6) is 0.880. The molecule has 4 rings (SSSR count). The number of benzene rings is 1. The molecule has 1 aliphatic rings. The van der Waals surface area contributed by atoms with Crippen molar-refractivity contribution >= 4 is 17.8 Å². The molecule has 0 aliphatic carbocycles. The van der Waals surface area contributed by atoms with E-state index in [4.69, 9.17) is 4.98 Å². The monoisotopic (exact) mass is 477 g/mol. The standard InChI is InChI=1S/C26H32FN7O/c1-17-15-18(2)31-25(30-17)28-13-12-23(35)34-14-6-5-7-22(34)24-21(16-29-26(32-24)33(3)4)19-8-10-20(27)11-9-19/h8-11,15-16,22H,5-7,12-14H2,1-4H3,(H,28,30,31)/t22-/m0/s1. The molecule has 1 aromatic carbocycles. The lowest BCUT2D eigenvalue weighted by atomic mass is 9.93. The Bertz CT molecular complexity index is 1160. The van der Waals surface area contributed by atoms with Gasteiger partial charge < -0.3 is 15.1 Å². The van der Waals surface area contributed by atoms with Crippen molar-refractivity contribution in [3.63, 3.8) is 0 Å². The first kappa shape index (κ1) is 24.5. The fourth-order valence-electron chi connectivity index (χ4n) is 4.45. The van der Waals surface area contributed by atoms with Gasteiger partial charge in [-0.25, -0.2) is 24.3 Å². The Hall–Kier alpha value is -3.62. The second kappa shape index (κ2) is 10.8. The van der Waals surface area contributed by atoms with E-state index >= 15 is 0 Å². The van der Waals surface area contributed by atoms with Crippen molar-refractivity contribution in [3.05, 3.63) is 59.4 Å². The minimum Gasteiger partial charge on any atom is -0.354 e. The highest BCUT2D eigenvalue weighted by atomic mass is 19.1. The lowest BCUT2D eigenvalue weighted by molar-refractivity contribution is -0.134. The number of amides is 1. The number of hydrogen-bond acceptors (Lipinski definition) is 7. The van der Waals surface area contributed by atoms with Crippen LogP contribution in [0.25, 0.3) is 11.1 Å². The summed E-state index contributed by atoms with van der Waals surface area (Å²) in [7, 11) is 3.78. The van der Waals surface area contributed by atoms with Gasteiger partial charge in [0, 0.05) is 56.8 Å². The number of hydrogen-bond donors (Lipinski definition) is 1. The van der Waals surface area contributed by atoms with Crippen molar-refractivity contribution in [2.45, 2.75) is 45.6 Å². The number of carbonyl (C=O) groups is 1. The lowest BCUT2D eigenvalue weighted by Crippen LogP contribution is -2.40. The smallest absolute Gasteiger partial charge is 0.225 e. The van der Waals surface area contributed by atoms with E-state index in [2.05, 4.69) is 20.3 Å². The SMILES string of the molecule is Cc1cc(C)nc(NCCC(=O)N2CCCC[C@H]2c2nc(N(C)C)ncc2-c2ccc(F)cc2)n1. The van der Waals surface area contributed by atoms with Crippen LogP contribution in [0.5, 0.6) is 0 Å². The van der Waals surface area contributed by atoms with Gasteiger partial charge in [0.1, 0.15) is 5.82 Å². The van der Waals surface area contributed by atoms with Crippen LogP contribution in [-0.2, 0) is 4.79 Å². The number of aromatic nitrogens is 4. The molecule has 0 saturated carbocycles. The van der Waals surface area contributed by atoms with Crippen molar-refractivity contribution in [1.82, 2.24) is 24.8 Å². The molecule has 0 radical (unpaired) electrons. The van der Waals surface area contributed by atoms with E-state index in [1.54, 1.807) is 18.3 Å². The number of carbonyl (C=O) groups excluding carboxylic acids is 1. The fourth-order valence-corrected chi connectivity index (χ4v) is 4.45. The predicted octanol–water partition coefficient (Wildman–Crippen LogP) is 4.31. The number of likely N-dealkylation sites (tertiary alicyclic amines) is 1. The molecule has 1 N–H and O–H groups in total. The van der Waals surface area contributed by atoms with Crippen LogP contribution in [0.2, 0.25) is 0 Å². The number of rotatable bonds is 7. The zero-order valence-corrected chi connectivity index (χ0v) is 20.8. The summed E-state index contributed by atoms with van der Waals surface area (Å²) in [4.78, 5) is 35.3. The van der Waals surface area contributed by atoms with Crippen LogP contribution in [0, 0.1) is 19.7 Å². The Labute approximate surface area is 205 Å². The second-order valence-electron chi connectivity index (χ2n) is 9.12. The van der Waals surface area contributed by atoms with Crippen LogP contribution >= 0.6 is 0 Å². The number of aryl methyl sites for hydroxylation is 2. The largest absolute Gasteiger partial charge is 0.354 e. The summed E-state index contributed by atoms with van der Waals surface area (Å²) in [6, 6.07) is 8.07. The first-order valence-electron chi connectivity index (χ1n) is 12.0. The van der Waals surface area contributed by atoms with Crippen LogP contribution in [-0.4, -0.2) is 57.9 Å². The average Bonchev–Trinajstić information content (AvgIpc) is 2.83. The molecule has 3 heterocycles. The minimum absolute atomic E-state index is 0.0571. The van der Waals surface area contributed by atoms with Crippen molar-refractivity contribution < 1.29 is 9.18 Å². The second-order valence-corrected chi connectivity index (χ2v) is 9.12. The number of piperidine rings is 1. The fraction of sp³-hybridized carbons (Fsp3) is 0.423. The molecule has 1 amide bonds. The molecule has 0 bridgehead atoms. The molecule has 184 valence electrons. The first-order valence-corrected chi connectivity index (χ1v) is 12.0. The number of nitrogens with one attached hydrogen (secondary N) is 1. The van der Waals surface area contributed by atoms with Crippen LogP contribution < -0.4 is 10.2 Å². The van der Waals surface area contributed by atoms with E-state index in [1.807, 2.05) is 43.8 Å². The van der Waals surface area contributed by atoms with Gasteiger partial charge in [-0.3, -0.25) is 4.79 Å². The van der Waals surface area contributed by atoms with Gasteiger partial charge in [0.15, 0.2) is 0 Å². The third-order valence-corrected chi connectivity index (χ3v) is 6.10. The van der Waals surface area contributed by atoms with Gasteiger partial charge in [-0.05, 0) is 56.9 Å². The minimum atomic E-state index is -0.295. The van der Waals surface area contributed by atoms with Gasteiger partial charge in [-0.2, -0.15) is 0 Å². The molecule has 9 heteroatoms. The van der Waals surface area contributed by atoms with Gasteiger partial charge in [0.25, 0.3) is 0 Å². The molecule has 0 spiro atoms. The highest BCUT2D eigenvalue weighted by Gasteiger charge is 2.31. The maximum absolute atomic E-state index is 13.6. The molecule has 1 saturated heterocycles. The average molecular weight is 478 g/mol. The van der Waals surface area contributed by atoms with E-state index in [9.17, 15) is 9.18 Å². The topological polar surface area (TPSA) is 87.1 Å². The summed E-state index contributed by atoms with van der Waals surface area (Å²) in [5, 5.41) is 3.18. The Kier molecular flexibility index (Phi) is 7.53. The Morgan fingerprint density at radius 2 is 1.83 bits per heavy atom. The normalized spacial score (nSPS) is 15.7. The Morgan fingerprint density at radius 3 is 2.51 bits per heavy atom. The lowest BCUT2D eigenvalue weighted by Gasteiger charge is -2.36. The molecule has 1 aliphatic heterocycles. The molecule has 2 aromatic heterocycles. The number of halogens is 1. The highest BCUT2D eigenvalue weighted by molar-refractivity contribution is 5.78. The van der Waals surface area contributed by atoms with Crippen molar-refractivity contribution in [3.8, 4) is 11.1 Å². The van der Waals surface area contributed by atoms with Gasteiger partial charge in [-0.1, -0.05) is 12.1 Å². The van der Waals surface area contributed by atoms with Crippen LogP contribution in [0.3, 0.4) is 0 Å². The van der Waals surface area contributed by atoms with E-state index in [-0.39, 0.29) is 17.8 Å². The maximum Gasteiger partial charge on any atom is 0.225 e. The van der Waals surface area contributed by atoms with Crippen LogP contribution in [0.15, 0.2) is 36.5 Å². The molecule has 1 atom stereocenters. The summed E-state index contributed by atoms with van der Waals surface area (Å²) in [5.41, 5.74) is 4.22. The third-order valence-electron chi connectivity index (χ3n) is 6.10. The Morgan fingerprint density at radius 1 is 1.11 bits per heavy atom. The molecule has 35 heavy (non-hydrogen) atoms. The molecular weight excluding hydrogens is 445 g/mol. The van der Waals surface area contributed by atoms with E-state index in [0.29, 0.717) is 31.4 Å². The van der Waals surface area contributed by atoms with Crippen molar-refractivity contribution in [1.29, 1.82) is 0 Å². The van der Waals surface area contributed by atoms with Crippen molar-refractivity contribution in [2.75, 3.05) is 37.4 Å². The summed E-state index contributed by atoms with van der Waals surface area (Å²) < 4.78 is 13.6. The van der Waals surface area contributed by atoms with Gasteiger partial charge in [0.05, 0.1) is 11.7 Å². The van der Waals surface area contributed by atoms with Crippen LogP contribution in [0.1, 0.15) is 48.8 Å². The summed E-state index contributed by atoms with van der Waals surface area (Å²) >= 11 is 0. The number of nitrogens with zero attached hydrogens (tertiary/aromatic N) is 6. The van der Waals surface area contributed by atoms with E-state index in [1.165, 1.54) is 12.1 Å². The molecule has 8 nitrogen and oxygen atoms in total. The maximum atomic E-state index is 13.6. The van der Waals surface area contributed by atoms with Gasteiger partial charge >= 0.3 is 0 Å². The first-order chi connectivity index (χ1) is 16.8. The zero-order chi connectivity index (χ0) is 24.9. The zero-order valence-electron chi connectivity index (χ0n) is 20.8. The van der Waals surface area contributed by atoms with Gasteiger partial charge in [-0.15, -0.1) is 0 Å². The summed E-state index contributed by atoms with van der Waals surface area (Å²) in [6.07, 6.45) is 4.88. The van der Waals surface area contributed by atoms with Crippen LogP contribution in [0.4, 0.5) is 16.3 Å². The van der Waals surface area contributed by atoms with Gasteiger partial charge in [0.2, 0.25) is 17.8 Å². The Balaban J connectivity index is 1.57. The van der Waals surface area contributed by atoms with Crippen molar-refractivity contribution in [2.24, 2.45) is 0 Å². The van der Waals surface area contributed by atoms with E-state index in [0.717, 1.165) is 47.5 Å². The molecule has 0 unspecified atom stereocenters.